The number of imidazole rings is 1. The third kappa shape index (κ3) is 3.74. The van der Waals surface area contributed by atoms with Gasteiger partial charge in [0.25, 0.3) is 0 Å². The number of rotatable bonds is 6. The highest BCUT2D eigenvalue weighted by Crippen LogP contribution is 2.31. The summed E-state index contributed by atoms with van der Waals surface area (Å²) >= 11 is 0. The summed E-state index contributed by atoms with van der Waals surface area (Å²) in [6.07, 6.45) is 16.7. The van der Waals surface area contributed by atoms with E-state index in [1.54, 1.807) is 30.9 Å². The Hall–Kier alpha value is -3.57. The first-order chi connectivity index (χ1) is 12.7. The predicted molar refractivity (Wildman–Crippen MR) is 99.8 cm³/mol. The molecule has 3 rings (SSSR count). The number of benzene rings is 1. The molecule has 0 aliphatic rings. The Kier molecular flexibility index (Phi) is 5.31. The number of hydrogen-bond donors (Lipinski definition) is 0. The van der Waals surface area contributed by atoms with Crippen molar-refractivity contribution in [3.8, 4) is 47.5 Å². The molecule has 1 aromatic carbocycles. The summed E-state index contributed by atoms with van der Waals surface area (Å²) in [5, 5.41) is 0. The molecule has 2 heterocycles. The predicted octanol–water partition coefficient (Wildman–Crippen LogP) is 3.62. The maximum atomic E-state index is 13.3. The van der Waals surface area contributed by atoms with E-state index in [9.17, 15) is 4.39 Å². The Morgan fingerprint density at radius 2 is 1.69 bits per heavy atom. The molecule has 3 aromatic rings. The van der Waals surface area contributed by atoms with E-state index in [0.717, 1.165) is 28.9 Å². The molecule has 0 spiro atoms. The van der Waals surface area contributed by atoms with Crippen molar-refractivity contribution >= 4 is 0 Å². The molecule has 4 nitrogen and oxygen atoms in total. The lowest BCUT2D eigenvalue weighted by atomic mass is 10.1. The zero-order valence-electron chi connectivity index (χ0n) is 14.1. The summed E-state index contributed by atoms with van der Waals surface area (Å²) in [6, 6.07) is 15.1. The first kappa shape index (κ1) is 17.3. The molecule has 0 unspecified atom stereocenters. The molecule has 0 saturated carbocycles. The standard InChI is InChI=1S/C21H17FN4/c1-3-25(4-2)14-5-15-26-16-24-20(17-6-8-19(22)9-7-17)21(26)18-10-12-23-13-11-18/h1-2,6-13,16H,5,14-15H2. The molecule has 0 radical (unpaired) electrons. The fourth-order valence-electron chi connectivity index (χ4n) is 2.75. The zero-order chi connectivity index (χ0) is 18.4. The van der Waals surface area contributed by atoms with Crippen LogP contribution in [-0.4, -0.2) is 26.0 Å². The molecule has 26 heavy (non-hydrogen) atoms. The van der Waals surface area contributed by atoms with Gasteiger partial charge in [-0.1, -0.05) is 12.8 Å². The van der Waals surface area contributed by atoms with Crippen LogP contribution in [0.2, 0.25) is 0 Å². The van der Waals surface area contributed by atoms with Crippen molar-refractivity contribution in [1.29, 1.82) is 0 Å². The molecule has 0 aliphatic carbocycles. The van der Waals surface area contributed by atoms with Crippen LogP contribution in [0.3, 0.4) is 0 Å². The van der Waals surface area contributed by atoms with Gasteiger partial charge in [-0.25, -0.2) is 9.37 Å². The summed E-state index contributed by atoms with van der Waals surface area (Å²) in [4.78, 5) is 10.1. The molecule has 128 valence electrons. The fourth-order valence-corrected chi connectivity index (χ4v) is 2.75. The van der Waals surface area contributed by atoms with Crippen LogP contribution in [0.5, 0.6) is 0 Å². The van der Waals surface area contributed by atoms with Crippen molar-refractivity contribution in [2.45, 2.75) is 13.0 Å². The maximum absolute atomic E-state index is 13.3. The van der Waals surface area contributed by atoms with E-state index in [1.807, 2.05) is 12.1 Å². The lowest BCUT2D eigenvalue weighted by Gasteiger charge is -2.12. The van der Waals surface area contributed by atoms with Gasteiger partial charge in [0.15, 0.2) is 0 Å². The van der Waals surface area contributed by atoms with Crippen LogP contribution in [0.4, 0.5) is 4.39 Å². The van der Waals surface area contributed by atoms with E-state index in [-0.39, 0.29) is 5.82 Å². The van der Waals surface area contributed by atoms with Gasteiger partial charge in [0.1, 0.15) is 5.82 Å². The summed E-state index contributed by atoms with van der Waals surface area (Å²) in [5.41, 5.74) is 3.59. The van der Waals surface area contributed by atoms with Crippen molar-refractivity contribution in [2.24, 2.45) is 0 Å². The number of nitrogens with zero attached hydrogens (tertiary/aromatic N) is 4. The van der Waals surface area contributed by atoms with Crippen molar-refractivity contribution < 1.29 is 4.39 Å². The second-order valence-electron chi connectivity index (χ2n) is 5.64. The van der Waals surface area contributed by atoms with E-state index in [4.69, 9.17) is 12.8 Å². The Morgan fingerprint density at radius 1 is 1.00 bits per heavy atom. The number of terminal acetylenes is 2. The topological polar surface area (TPSA) is 34.0 Å². The smallest absolute Gasteiger partial charge is 0.123 e. The minimum absolute atomic E-state index is 0.276. The molecule has 0 atom stereocenters. The van der Waals surface area contributed by atoms with Crippen LogP contribution in [0.1, 0.15) is 6.42 Å². The van der Waals surface area contributed by atoms with Gasteiger partial charge in [-0.2, -0.15) is 0 Å². The van der Waals surface area contributed by atoms with Gasteiger partial charge in [-0.3, -0.25) is 9.88 Å². The van der Waals surface area contributed by atoms with E-state index in [0.29, 0.717) is 13.1 Å². The molecule has 0 amide bonds. The Bertz CT molecular complexity index is 932. The Balaban J connectivity index is 1.94. The Labute approximate surface area is 152 Å². The first-order valence-electron chi connectivity index (χ1n) is 8.14. The minimum Gasteiger partial charge on any atom is -0.330 e. The number of aromatic nitrogens is 3. The maximum Gasteiger partial charge on any atom is 0.123 e. The first-order valence-corrected chi connectivity index (χ1v) is 8.14. The minimum atomic E-state index is -0.276. The van der Waals surface area contributed by atoms with Gasteiger partial charge in [0, 0.05) is 48.7 Å². The average molecular weight is 344 g/mol. The third-order valence-electron chi connectivity index (χ3n) is 4.00. The average Bonchev–Trinajstić information content (AvgIpc) is 3.10. The van der Waals surface area contributed by atoms with Gasteiger partial charge in [0.2, 0.25) is 0 Å². The van der Waals surface area contributed by atoms with Gasteiger partial charge in [0.05, 0.1) is 17.7 Å². The highest BCUT2D eigenvalue weighted by atomic mass is 19.1. The Morgan fingerprint density at radius 3 is 2.35 bits per heavy atom. The second kappa shape index (κ2) is 8.00. The summed E-state index contributed by atoms with van der Waals surface area (Å²) in [7, 11) is 0. The second-order valence-corrected chi connectivity index (χ2v) is 5.64. The molecule has 2 aromatic heterocycles. The van der Waals surface area contributed by atoms with Gasteiger partial charge < -0.3 is 4.57 Å². The SMILES string of the molecule is C#CN(C#C)CCCn1cnc(-c2ccc(F)cc2)c1-c1ccncc1. The number of halogens is 1. The van der Waals surface area contributed by atoms with Crippen LogP contribution in [0, 0.1) is 30.8 Å². The number of aryl methyl sites for hydroxylation is 1. The molecule has 0 N–H and O–H groups in total. The monoisotopic (exact) mass is 344 g/mol. The van der Waals surface area contributed by atoms with Crippen molar-refractivity contribution in [3.63, 3.8) is 0 Å². The highest BCUT2D eigenvalue weighted by molar-refractivity contribution is 5.78. The van der Waals surface area contributed by atoms with Crippen molar-refractivity contribution in [1.82, 2.24) is 19.4 Å². The summed E-state index contributed by atoms with van der Waals surface area (Å²) in [5.74, 6) is -0.276. The molecule has 0 saturated heterocycles. The molecule has 0 fully saturated rings. The lowest BCUT2D eigenvalue weighted by molar-refractivity contribution is 0.503. The molecule has 5 heteroatoms. The van der Waals surface area contributed by atoms with Gasteiger partial charge in [-0.15, -0.1) is 0 Å². The molecular weight excluding hydrogens is 327 g/mol. The number of hydrogen-bond acceptors (Lipinski definition) is 3. The molecule has 0 aliphatic heterocycles. The largest absolute Gasteiger partial charge is 0.330 e. The van der Waals surface area contributed by atoms with Gasteiger partial charge >= 0.3 is 0 Å². The normalized spacial score (nSPS) is 10.1. The van der Waals surface area contributed by atoms with Crippen LogP contribution in [0.15, 0.2) is 55.1 Å². The highest BCUT2D eigenvalue weighted by Gasteiger charge is 2.15. The van der Waals surface area contributed by atoms with Crippen LogP contribution in [0.25, 0.3) is 22.5 Å². The van der Waals surface area contributed by atoms with E-state index < -0.39 is 0 Å². The van der Waals surface area contributed by atoms with Crippen LogP contribution < -0.4 is 0 Å². The van der Waals surface area contributed by atoms with E-state index >= 15 is 0 Å². The fraction of sp³-hybridized carbons (Fsp3) is 0.143. The quantitative estimate of drug-likeness (QED) is 0.506. The molecular formula is C21H17FN4. The number of pyridine rings is 1. The van der Waals surface area contributed by atoms with E-state index in [1.165, 1.54) is 17.0 Å². The van der Waals surface area contributed by atoms with Crippen LogP contribution in [-0.2, 0) is 6.54 Å². The molecule has 0 bridgehead atoms. The summed E-state index contributed by atoms with van der Waals surface area (Å²) in [6.45, 7) is 1.29. The summed E-state index contributed by atoms with van der Waals surface area (Å²) < 4.78 is 15.3. The lowest BCUT2D eigenvalue weighted by Crippen LogP contribution is -2.14. The zero-order valence-corrected chi connectivity index (χ0v) is 14.1. The van der Waals surface area contributed by atoms with Crippen molar-refractivity contribution in [2.75, 3.05) is 6.54 Å². The van der Waals surface area contributed by atoms with Crippen molar-refractivity contribution in [3.05, 3.63) is 60.9 Å². The van der Waals surface area contributed by atoms with Crippen LogP contribution >= 0.6 is 0 Å². The van der Waals surface area contributed by atoms with E-state index in [2.05, 4.69) is 26.6 Å². The van der Waals surface area contributed by atoms with Gasteiger partial charge in [-0.05, 0) is 42.8 Å². The third-order valence-corrected chi connectivity index (χ3v) is 4.00.